The van der Waals surface area contributed by atoms with E-state index in [1.807, 2.05) is 23.6 Å². The summed E-state index contributed by atoms with van der Waals surface area (Å²) in [5, 5.41) is 5.72. The summed E-state index contributed by atoms with van der Waals surface area (Å²) in [6, 6.07) is 10.3. The molecule has 4 heteroatoms. The smallest absolute Gasteiger partial charge is 0.192 e. The Balaban J connectivity index is 1.61. The minimum Gasteiger partial charge on any atom is -0.316 e. The number of carbonyl (C=O) groups excluding carboxylic acids is 1. The predicted molar refractivity (Wildman–Crippen MR) is 74.1 cm³/mol. The van der Waals surface area contributed by atoms with Crippen LogP contribution in [0.2, 0.25) is 0 Å². The number of hydrogen-bond donors (Lipinski definition) is 1. The number of nitrogens with zero attached hydrogens (tertiary/aromatic N) is 1. The summed E-state index contributed by atoms with van der Waals surface area (Å²) in [6.07, 6.45) is 3.18. The fraction of sp³-hybridized carbons (Fsp3) is 0.286. The lowest BCUT2D eigenvalue weighted by Gasteiger charge is -2.03. The molecule has 94 valence electrons. The molecule has 0 aliphatic rings. The number of nitrogens with one attached hydrogen (secondary N) is 1. The highest BCUT2D eigenvalue weighted by Gasteiger charge is 2.07. The first kappa shape index (κ1) is 12.9. The maximum absolute atomic E-state index is 11.6. The Hall–Kier alpha value is -1.52. The third-order valence-electron chi connectivity index (χ3n) is 2.63. The minimum atomic E-state index is 0.122. The molecule has 1 heterocycles. The Kier molecular flexibility index (Phi) is 5.05. The zero-order valence-electron chi connectivity index (χ0n) is 10.1. The fourth-order valence-electron chi connectivity index (χ4n) is 1.67. The first-order chi connectivity index (χ1) is 8.86. The van der Waals surface area contributed by atoms with Crippen LogP contribution in [0.4, 0.5) is 0 Å². The first-order valence-electron chi connectivity index (χ1n) is 6.03. The van der Waals surface area contributed by atoms with E-state index in [-0.39, 0.29) is 5.78 Å². The zero-order valence-corrected chi connectivity index (χ0v) is 11.0. The minimum absolute atomic E-state index is 0.122. The number of ketones is 1. The molecule has 2 aromatic rings. The molecule has 3 nitrogen and oxygen atoms in total. The van der Waals surface area contributed by atoms with E-state index in [1.54, 1.807) is 6.20 Å². The van der Waals surface area contributed by atoms with Crippen LogP contribution in [0.25, 0.3) is 0 Å². The molecule has 2 rings (SSSR count). The van der Waals surface area contributed by atoms with E-state index in [1.165, 1.54) is 16.9 Å². The van der Waals surface area contributed by atoms with Gasteiger partial charge < -0.3 is 5.32 Å². The van der Waals surface area contributed by atoms with Gasteiger partial charge in [-0.2, -0.15) is 0 Å². The molecule has 0 saturated carbocycles. The molecule has 0 atom stereocenters. The molecule has 0 unspecified atom stereocenters. The topological polar surface area (TPSA) is 42.0 Å². The summed E-state index contributed by atoms with van der Waals surface area (Å²) < 4.78 is 0. The SMILES string of the molecule is O=C(CCNCCc1ccccc1)c1nccs1. The second-order valence-electron chi connectivity index (χ2n) is 4.00. The number of thiazole rings is 1. The van der Waals surface area contributed by atoms with Crippen LogP contribution in [0.3, 0.4) is 0 Å². The molecule has 18 heavy (non-hydrogen) atoms. The van der Waals surface area contributed by atoms with Gasteiger partial charge in [-0.1, -0.05) is 30.3 Å². The molecule has 0 amide bonds. The monoisotopic (exact) mass is 260 g/mol. The van der Waals surface area contributed by atoms with Gasteiger partial charge in [-0.3, -0.25) is 4.79 Å². The second kappa shape index (κ2) is 7.03. The van der Waals surface area contributed by atoms with Gasteiger partial charge in [0.2, 0.25) is 0 Å². The van der Waals surface area contributed by atoms with Crippen molar-refractivity contribution in [1.82, 2.24) is 10.3 Å². The molecule has 0 spiro atoms. The van der Waals surface area contributed by atoms with Gasteiger partial charge >= 0.3 is 0 Å². The van der Waals surface area contributed by atoms with Gasteiger partial charge in [0, 0.05) is 24.5 Å². The number of aromatic nitrogens is 1. The van der Waals surface area contributed by atoms with Gasteiger partial charge in [-0.15, -0.1) is 11.3 Å². The van der Waals surface area contributed by atoms with E-state index < -0.39 is 0 Å². The van der Waals surface area contributed by atoms with Crippen molar-refractivity contribution >= 4 is 17.1 Å². The number of benzene rings is 1. The van der Waals surface area contributed by atoms with Crippen molar-refractivity contribution in [3.8, 4) is 0 Å². The average molecular weight is 260 g/mol. The molecule has 0 aliphatic carbocycles. The molecular weight excluding hydrogens is 244 g/mol. The van der Waals surface area contributed by atoms with Crippen molar-refractivity contribution < 1.29 is 4.79 Å². The van der Waals surface area contributed by atoms with E-state index in [0.29, 0.717) is 18.0 Å². The lowest BCUT2D eigenvalue weighted by molar-refractivity contribution is 0.0982. The first-order valence-corrected chi connectivity index (χ1v) is 6.91. The van der Waals surface area contributed by atoms with Crippen LogP contribution in [0.15, 0.2) is 41.9 Å². The molecule has 0 fully saturated rings. The van der Waals surface area contributed by atoms with Gasteiger partial charge in [0.05, 0.1) is 0 Å². The molecule has 0 saturated heterocycles. The highest BCUT2D eigenvalue weighted by atomic mass is 32.1. The lowest BCUT2D eigenvalue weighted by atomic mass is 10.1. The molecular formula is C14H16N2OS. The Morgan fingerprint density at radius 2 is 2.06 bits per heavy atom. The van der Waals surface area contributed by atoms with Crippen LogP contribution in [-0.4, -0.2) is 23.9 Å². The van der Waals surface area contributed by atoms with Crippen LogP contribution >= 0.6 is 11.3 Å². The third kappa shape index (κ3) is 4.05. The summed E-state index contributed by atoms with van der Waals surface area (Å²) in [4.78, 5) is 15.7. The summed E-state index contributed by atoms with van der Waals surface area (Å²) in [7, 11) is 0. The molecule has 0 bridgehead atoms. The normalized spacial score (nSPS) is 10.4. The summed E-state index contributed by atoms with van der Waals surface area (Å²) >= 11 is 1.40. The average Bonchev–Trinajstić information content (AvgIpc) is 2.93. The molecule has 0 radical (unpaired) electrons. The van der Waals surface area contributed by atoms with E-state index in [4.69, 9.17) is 0 Å². The Morgan fingerprint density at radius 1 is 1.22 bits per heavy atom. The van der Waals surface area contributed by atoms with Crippen LogP contribution < -0.4 is 5.32 Å². The van der Waals surface area contributed by atoms with Crippen molar-refractivity contribution in [2.45, 2.75) is 12.8 Å². The van der Waals surface area contributed by atoms with Crippen molar-refractivity contribution in [1.29, 1.82) is 0 Å². The summed E-state index contributed by atoms with van der Waals surface area (Å²) in [5.74, 6) is 0.122. The maximum atomic E-state index is 11.6. The Morgan fingerprint density at radius 3 is 2.78 bits per heavy atom. The fourth-order valence-corrected chi connectivity index (χ4v) is 2.28. The van der Waals surface area contributed by atoms with Crippen molar-refractivity contribution in [3.05, 3.63) is 52.5 Å². The third-order valence-corrected chi connectivity index (χ3v) is 3.45. The van der Waals surface area contributed by atoms with Crippen molar-refractivity contribution in [2.75, 3.05) is 13.1 Å². The number of Topliss-reactive ketones (excluding diaryl/α,β-unsaturated/α-hetero) is 1. The van der Waals surface area contributed by atoms with Crippen molar-refractivity contribution in [2.24, 2.45) is 0 Å². The van der Waals surface area contributed by atoms with Gasteiger partial charge in [-0.25, -0.2) is 4.98 Å². The quantitative estimate of drug-likeness (QED) is 0.614. The van der Waals surface area contributed by atoms with E-state index >= 15 is 0 Å². The van der Waals surface area contributed by atoms with E-state index in [2.05, 4.69) is 22.4 Å². The van der Waals surface area contributed by atoms with E-state index in [9.17, 15) is 4.79 Å². The number of rotatable bonds is 7. The van der Waals surface area contributed by atoms with Crippen molar-refractivity contribution in [3.63, 3.8) is 0 Å². The van der Waals surface area contributed by atoms with E-state index in [0.717, 1.165) is 13.0 Å². The largest absolute Gasteiger partial charge is 0.316 e. The van der Waals surface area contributed by atoms with Crippen LogP contribution in [-0.2, 0) is 6.42 Å². The molecule has 1 aromatic carbocycles. The maximum Gasteiger partial charge on any atom is 0.192 e. The van der Waals surface area contributed by atoms with Gasteiger partial charge in [0.1, 0.15) is 0 Å². The van der Waals surface area contributed by atoms with Gasteiger partial charge in [0.15, 0.2) is 10.8 Å². The Bertz CT molecular complexity index is 468. The van der Waals surface area contributed by atoms with Gasteiger partial charge in [0.25, 0.3) is 0 Å². The standard InChI is InChI=1S/C14H16N2OS/c17-13(14-16-10-11-18-14)7-9-15-8-6-12-4-2-1-3-5-12/h1-5,10-11,15H,6-9H2. The highest BCUT2D eigenvalue weighted by molar-refractivity contribution is 7.11. The number of carbonyl (C=O) groups is 1. The number of hydrogen-bond acceptors (Lipinski definition) is 4. The highest BCUT2D eigenvalue weighted by Crippen LogP contribution is 2.06. The van der Waals surface area contributed by atoms with Gasteiger partial charge in [-0.05, 0) is 18.5 Å². The molecule has 1 aromatic heterocycles. The second-order valence-corrected chi connectivity index (χ2v) is 4.89. The molecule has 1 N–H and O–H groups in total. The molecule has 0 aliphatic heterocycles. The van der Waals surface area contributed by atoms with Crippen LogP contribution in [0, 0.1) is 0 Å². The zero-order chi connectivity index (χ0) is 12.6. The summed E-state index contributed by atoms with van der Waals surface area (Å²) in [5.41, 5.74) is 1.32. The summed E-state index contributed by atoms with van der Waals surface area (Å²) in [6.45, 7) is 1.61. The Labute approximate surface area is 111 Å². The predicted octanol–water partition coefficient (Wildman–Crippen LogP) is 2.55. The van der Waals surface area contributed by atoms with Crippen LogP contribution in [0.5, 0.6) is 0 Å². The lowest BCUT2D eigenvalue weighted by Crippen LogP contribution is -2.20. The van der Waals surface area contributed by atoms with Crippen LogP contribution in [0.1, 0.15) is 21.8 Å².